The van der Waals surface area contributed by atoms with Crippen molar-refractivity contribution >= 4 is 19.7 Å². The van der Waals surface area contributed by atoms with Crippen LogP contribution in [0.2, 0.25) is 0 Å². The smallest absolute Gasteiger partial charge is 0.306 e. The highest BCUT2D eigenvalue weighted by Crippen LogP contribution is 2.38. The average Bonchev–Trinajstić information content (AvgIpc) is 3.57. The molecule has 0 aromatic heterocycles. The Morgan fingerprint density at radius 1 is 0.404 bits per heavy atom. The number of amides is 1. The monoisotopic (exact) mass is 1260 g/mol. The molecule has 0 fully saturated rings. The molecule has 0 aliphatic rings. The summed E-state index contributed by atoms with van der Waals surface area (Å²) in [5.74, 6) is -0.556. The molecule has 1 N–H and O–H groups in total. The number of hydrogen-bond donors (Lipinski definition) is 1. The van der Waals surface area contributed by atoms with E-state index in [0.29, 0.717) is 23.9 Å². The Hall–Kier alpha value is -3.59. The van der Waals surface area contributed by atoms with Crippen molar-refractivity contribution in [2.45, 2.75) is 328 Å². The van der Waals surface area contributed by atoms with Crippen molar-refractivity contribution in [1.82, 2.24) is 5.32 Å². The van der Waals surface area contributed by atoms with Crippen LogP contribution in [0.3, 0.4) is 0 Å². The van der Waals surface area contributed by atoms with Crippen molar-refractivity contribution in [3.8, 4) is 0 Å². The molecule has 0 spiro atoms. The van der Waals surface area contributed by atoms with E-state index in [1.165, 1.54) is 154 Å². The summed E-state index contributed by atoms with van der Waals surface area (Å²) in [4.78, 5) is 40.3. The molecule has 0 aromatic carbocycles. The number of unbranched alkanes of at least 4 members (excludes halogenated alkanes) is 32. The molecule has 0 radical (unpaired) electrons. The molecule has 0 aliphatic carbocycles. The Kier molecular flexibility index (Phi) is 64.6. The van der Waals surface area contributed by atoms with Crippen LogP contribution in [-0.4, -0.2) is 69.4 Å². The standard InChI is InChI=1S/C79H139N2O7P/c1-7-10-13-16-19-22-25-28-30-32-34-36-38-39-40-41-43-44-46-48-50-53-56-59-62-65-68-71-78(82)80-76(75-87-89(84,85)86-74-73-81(4,5)6)77(70-67-64-61-58-55-52-27-24-21-18-15-12-9-3)88-79(83)72-69-66-63-60-57-54-51-49-47-45-42-37-35-33-31-29-26-23-20-17-14-11-8-2/h11,14,19-20,22-23,28-31,34-37,39-40,45,47,67,70,76-77H,7-10,12-13,15-18,21,24-27,32-33,38,41-44,46,48-66,68-69,71-75H2,1-6H3,(H-,80,82,84,85)/b14-11-,22-19-,23-20-,30-28-,31-29-,36-34-,37-35-,40-39-,47-45-,70-67-. The Balaban J connectivity index is 5.11. The Labute approximate surface area is 550 Å². The van der Waals surface area contributed by atoms with Gasteiger partial charge in [-0.25, -0.2) is 0 Å². The van der Waals surface area contributed by atoms with Gasteiger partial charge in [0.25, 0.3) is 7.82 Å². The van der Waals surface area contributed by atoms with Gasteiger partial charge in [0.1, 0.15) is 19.3 Å². The summed E-state index contributed by atoms with van der Waals surface area (Å²) in [7, 11) is 1.17. The highest BCUT2D eigenvalue weighted by molar-refractivity contribution is 7.45. The molecular formula is C79H139N2O7P. The van der Waals surface area contributed by atoms with Gasteiger partial charge < -0.3 is 28.5 Å². The van der Waals surface area contributed by atoms with Gasteiger partial charge in [0, 0.05) is 12.8 Å². The van der Waals surface area contributed by atoms with Gasteiger partial charge in [-0.15, -0.1) is 0 Å². The highest BCUT2D eigenvalue weighted by Gasteiger charge is 2.27. The van der Waals surface area contributed by atoms with E-state index in [1.807, 2.05) is 33.3 Å². The summed E-state index contributed by atoms with van der Waals surface area (Å²) in [5.41, 5.74) is 0. The second kappa shape index (κ2) is 67.3. The summed E-state index contributed by atoms with van der Waals surface area (Å²) in [6.45, 7) is 6.71. The number of rotatable bonds is 66. The number of hydrogen-bond acceptors (Lipinski definition) is 7. The van der Waals surface area contributed by atoms with Crippen LogP contribution in [0.1, 0.15) is 316 Å². The van der Waals surface area contributed by atoms with E-state index in [9.17, 15) is 19.0 Å². The fourth-order valence-corrected chi connectivity index (χ4v) is 11.0. The number of quaternary nitrogens is 1. The van der Waals surface area contributed by atoms with Crippen molar-refractivity contribution in [3.05, 3.63) is 122 Å². The normalized spacial score (nSPS) is 14.2. The van der Waals surface area contributed by atoms with Crippen molar-refractivity contribution in [1.29, 1.82) is 0 Å². The average molecular weight is 1260 g/mol. The Morgan fingerprint density at radius 2 is 0.719 bits per heavy atom. The largest absolute Gasteiger partial charge is 0.756 e. The van der Waals surface area contributed by atoms with Crippen molar-refractivity contribution in [2.75, 3.05) is 40.9 Å². The third kappa shape index (κ3) is 68.6. The number of likely N-dealkylation sites (N-methyl/N-ethyl adjacent to an activating group) is 1. The van der Waals surface area contributed by atoms with Gasteiger partial charge in [-0.05, 0) is 122 Å². The van der Waals surface area contributed by atoms with E-state index in [-0.39, 0.29) is 24.9 Å². The lowest BCUT2D eigenvalue weighted by molar-refractivity contribution is -0.870. The molecule has 9 nitrogen and oxygen atoms in total. The zero-order valence-electron chi connectivity index (χ0n) is 58.6. The van der Waals surface area contributed by atoms with Crippen LogP contribution in [0.25, 0.3) is 0 Å². The first-order valence-electron chi connectivity index (χ1n) is 36.8. The molecule has 3 atom stereocenters. The maximum atomic E-state index is 13.6. The lowest BCUT2D eigenvalue weighted by Gasteiger charge is -2.30. The van der Waals surface area contributed by atoms with Gasteiger partial charge in [0.15, 0.2) is 0 Å². The van der Waals surface area contributed by atoms with Gasteiger partial charge in [-0.1, -0.05) is 303 Å². The molecule has 512 valence electrons. The van der Waals surface area contributed by atoms with Crippen molar-refractivity contribution < 1.29 is 37.3 Å². The quantitative estimate of drug-likeness (QED) is 0.0212. The second-order valence-corrected chi connectivity index (χ2v) is 27.1. The summed E-state index contributed by atoms with van der Waals surface area (Å²) in [6, 6.07) is -0.904. The molecular weight excluding hydrogens is 1120 g/mol. The fraction of sp³-hybridized carbons (Fsp3) is 0.722. The van der Waals surface area contributed by atoms with Crippen LogP contribution in [0.4, 0.5) is 0 Å². The van der Waals surface area contributed by atoms with Crippen LogP contribution in [0.5, 0.6) is 0 Å². The number of carbonyl (C=O) groups excluding carboxylic acids is 2. The Morgan fingerprint density at radius 3 is 1.10 bits per heavy atom. The van der Waals surface area contributed by atoms with E-state index in [4.69, 9.17) is 13.8 Å². The van der Waals surface area contributed by atoms with Crippen molar-refractivity contribution in [3.63, 3.8) is 0 Å². The number of phosphoric acid groups is 1. The first-order chi connectivity index (χ1) is 43.4. The minimum Gasteiger partial charge on any atom is -0.756 e. The molecule has 0 heterocycles. The van der Waals surface area contributed by atoms with Crippen LogP contribution in [0, 0.1) is 0 Å². The SMILES string of the molecule is CC/C=C\C/C=C\C/C=C\C/C=C\C/C=C\CCCCCCCCCC(=O)OC(/C=C\CCCCCCCCCCCCC)C(COP(=O)([O-])OCC[N+](C)(C)C)NC(=O)CCCCCCCCCCCCC/C=C\C/C=C\C/C=C\C/C=C\CCCCC. The van der Waals surface area contributed by atoms with Crippen LogP contribution in [-0.2, 0) is 27.9 Å². The van der Waals surface area contributed by atoms with E-state index < -0.39 is 26.6 Å². The molecule has 0 aromatic rings. The topological polar surface area (TPSA) is 114 Å². The van der Waals surface area contributed by atoms with E-state index in [2.05, 4.69) is 135 Å². The summed E-state index contributed by atoms with van der Waals surface area (Å²) in [6.07, 6.45) is 94.6. The first-order valence-corrected chi connectivity index (χ1v) is 38.3. The predicted molar refractivity (Wildman–Crippen MR) is 385 cm³/mol. The van der Waals surface area contributed by atoms with Gasteiger partial charge in [0.2, 0.25) is 5.91 Å². The van der Waals surface area contributed by atoms with Crippen LogP contribution < -0.4 is 10.2 Å². The summed E-state index contributed by atoms with van der Waals surface area (Å²) in [5, 5.41) is 3.04. The number of nitrogens with one attached hydrogen (secondary N) is 1. The molecule has 89 heavy (non-hydrogen) atoms. The second-order valence-electron chi connectivity index (χ2n) is 25.7. The zero-order valence-corrected chi connectivity index (χ0v) is 59.5. The number of phosphoric ester groups is 1. The lowest BCUT2D eigenvalue weighted by Crippen LogP contribution is -2.47. The molecule has 0 rings (SSSR count). The Bertz CT molecular complexity index is 1940. The molecule has 3 unspecified atom stereocenters. The molecule has 0 saturated carbocycles. The summed E-state index contributed by atoms with van der Waals surface area (Å²) < 4.78 is 30.5. The highest BCUT2D eigenvalue weighted by atomic mass is 31.2. The summed E-state index contributed by atoms with van der Waals surface area (Å²) >= 11 is 0. The molecule has 0 bridgehead atoms. The van der Waals surface area contributed by atoms with E-state index in [1.54, 1.807) is 0 Å². The minimum absolute atomic E-state index is 0.0302. The minimum atomic E-state index is -4.72. The van der Waals surface area contributed by atoms with Crippen LogP contribution in [0.15, 0.2) is 122 Å². The predicted octanol–water partition coefficient (Wildman–Crippen LogP) is 23.2. The van der Waals surface area contributed by atoms with Gasteiger partial charge in [-0.3, -0.25) is 14.2 Å². The maximum Gasteiger partial charge on any atom is 0.306 e. The zero-order chi connectivity index (χ0) is 64.9. The van der Waals surface area contributed by atoms with Crippen LogP contribution >= 0.6 is 7.82 Å². The van der Waals surface area contributed by atoms with Gasteiger partial charge in [-0.2, -0.15) is 0 Å². The molecule has 0 saturated heterocycles. The number of esters is 1. The molecule has 10 heteroatoms. The molecule has 1 amide bonds. The first kappa shape index (κ1) is 85.4. The lowest BCUT2D eigenvalue weighted by atomic mass is 10.0. The maximum absolute atomic E-state index is 13.6. The third-order valence-electron chi connectivity index (χ3n) is 15.9. The number of nitrogens with zero attached hydrogens (tertiary/aromatic N) is 1. The number of ether oxygens (including phenoxy) is 1. The van der Waals surface area contributed by atoms with Gasteiger partial charge >= 0.3 is 5.97 Å². The van der Waals surface area contributed by atoms with E-state index >= 15 is 0 Å². The van der Waals surface area contributed by atoms with Crippen molar-refractivity contribution in [2.24, 2.45) is 0 Å². The van der Waals surface area contributed by atoms with Gasteiger partial charge in [0.05, 0.1) is 33.8 Å². The fourth-order valence-electron chi connectivity index (χ4n) is 10.2. The van der Waals surface area contributed by atoms with E-state index in [0.717, 1.165) is 122 Å². The number of allylic oxidation sites excluding steroid dienone is 19. The molecule has 0 aliphatic heterocycles. The number of carbonyl (C=O) groups is 2. The third-order valence-corrected chi connectivity index (χ3v) is 16.8.